The number of ether oxygens (including phenoxy) is 1. The van der Waals surface area contributed by atoms with Crippen molar-refractivity contribution in [2.75, 3.05) is 13.2 Å². The number of benzene rings is 1. The van der Waals surface area contributed by atoms with Gasteiger partial charge in [-0.05, 0) is 31.9 Å². The fourth-order valence-corrected chi connectivity index (χ4v) is 1.54. The normalized spacial score (nSPS) is 12.1. The minimum Gasteiger partial charge on any atom is -0.444 e. The van der Waals surface area contributed by atoms with E-state index in [1.165, 1.54) is 0 Å². The van der Waals surface area contributed by atoms with E-state index in [4.69, 9.17) is 9.84 Å². The van der Waals surface area contributed by atoms with Gasteiger partial charge in [-0.1, -0.05) is 36.4 Å². The quantitative estimate of drug-likeness (QED) is 0.877. The maximum Gasteiger partial charge on any atom is 0.407 e. The van der Waals surface area contributed by atoms with Crippen molar-refractivity contribution in [3.05, 3.63) is 42.0 Å². The first kappa shape index (κ1) is 15.2. The number of nitrogens with one attached hydrogen (secondary N) is 1. The topological polar surface area (TPSA) is 58.6 Å². The number of carbonyl (C=O) groups is 1. The molecule has 0 radical (unpaired) electrons. The molecule has 104 valence electrons. The standard InChI is InChI=1S/C15H21NO3/c1-15(2,3)19-14(18)16-11-13(9-10-17)12-7-5-4-6-8-12/h4-9,17H,10-11H2,1-3H3,(H,16,18)/b13-9+. The summed E-state index contributed by atoms with van der Waals surface area (Å²) >= 11 is 0. The lowest BCUT2D eigenvalue weighted by atomic mass is 10.1. The fraction of sp³-hybridized carbons (Fsp3) is 0.400. The van der Waals surface area contributed by atoms with Crippen LogP contribution in [-0.4, -0.2) is 30.0 Å². The molecule has 19 heavy (non-hydrogen) atoms. The van der Waals surface area contributed by atoms with Crippen molar-refractivity contribution in [1.82, 2.24) is 5.32 Å². The van der Waals surface area contributed by atoms with E-state index in [2.05, 4.69) is 5.32 Å². The third kappa shape index (κ3) is 6.06. The summed E-state index contributed by atoms with van der Waals surface area (Å²) in [5, 5.41) is 11.7. The molecule has 0 aromatic heterocycles. The first-order valence-electron chi connectivity index (χ1n) is 6.24. The van der Waals surface area contributed by atoms with Crippen molar-refractivity contribution in [1.29, 1.82) is 0 Å². The highest BCUT2D eigenvalue weighted by Crippen LogP contribution is 2.13. The molecule has 2 N–H and O–H groups in total. The number of rotatable bonds is 4. The lowest BCUT2D eigenvalue weighted by molar-refractivity contribution is 0.0535. The maximum absolute atomic E-state index is 11.6. The predicted octanol–water partition coefficient (Wildman–Crippen LogP) is 2.59. The van der Waals surface area contributed by atoms with Crippen LogP contribution in [0.15, 0.2) is 36.4 Å². The molecule has 0 heterocycles. The Morgan fingerprint density at radius 2 is 1.95 bits per heavy atom. The maximum atomic E-state index is 11.6. The molecule has 0 aliphatic heterocycles. The molecule has 0 fully saturated rings. The van der Waals surface area contributed by atoms with E-state index in [0.29, 0.717) is 6.54 Å². The Bertz CT molecular complexity index is 432. The molecule has 0 atom stereocenters. The summed E-state index contributed by atoms with van der Waals surface area (Å²) in [5.41, 5.74) is 1.30. The molecule has 1 aromatic rings. The minimum absolute atomic E-state index is 0.0692. The number of aliphatic hydroxyl groups is 1. The largest absolute Gasteiger partial charge is 0.444 e. The van der Waals surface area contributed by atoms with Crippen molar-refractivity contribution >= 4 is 11.7 Å². The van der Waals surface area contributed by atoms with Gasteiger partial charge in [-0.25, -0.2) is 4.79 Å². The van der Waals surface area contributed by atoms with Crippen LogP contribution >= 0.6 is 0 Å². The second-order valence-corrected chi connectivity index (χ2v) is 5.13. The van der Waals surface area contributed by atoms with E-state index in [1.807, 2.05) is 51.1 Å². The Balaban J connectivity index is 2.62. The Labute approximate surface area is 114 Å². The van der Waals surface area contributed by atoms with Crippen molar-refractivity contribution in [3.63, 3.8) is 0 Å². The van der Waals surface area contributed by atoms with Gasteiger partial charge in [0.1, 0.15) is 5.60 Å². The highest BCUT2D eigenvalue weighted by molar-refractivity contribution is 5.74. The summed E-state index contributed by atoms with van der Waals surface area (Å²) in [6.07, 6.45) is 1.21. The lowest BCUT2D eigenvalue weighted by Gasteiger charge is -2.20. The first-order chi connectivity index (χ1) is 8.92. The monoisotopic (exact) mass is 263 g/mol. The van der Waals surface area contributed by atoms with E-state index in [0.717, 1.165) is 11.1 Å². The van der Waals surface area contributed by atoms with Gasteiger partial charge in [-0.15, -0.1) is 0 Å². The van der Waals surface area contributed by atoms with E-state index in [1.54, 1.807) is 6.08 Å². The molecule has 1 rings (SSSR count). The summed E-state index contributed by atoms with van der Waals surface area (Å²) in [6.45, 7) is 5.69. The van der Waals surface area contributed by atoms with Gasteiger partial charge in [0.25, 0.3) is 0 Å². The molecule has 0 unspecified atom stereocenters. The van der Waals surface area contributed by atoms with Gasteiger partial charge in [0, 0.05) is 6.54 Å². The van der Waals surface area contributed by atoms with Crippen LogP contribution < -0.4 is 5.32 Å². The summed E-state index contributed by atoms with van der Waals surface area (Å²) < 4.78 is 5.16. The van der Waals surface area contributed by atoms with Crippen LogP contribution in [0.1, 0.15) is 26.3 Å². The molecule has 0 spiro atoms. The van der Waals surface area contributed by atoms with E-state index < -0.39 is 11.7 Å². The average Bonchev–Trinajstić information content (AvgIpc) is 2.33. The lowest BCUT2D eigenvalue weighted by Crippen LogP contribution is -2.33. The van der Waals surface area contributed by atoms with Crippen LogP contribution in [0.5, 0.6) is 0 Å². The second-order valence-electron chi connectivity index (χ2n) is 5.13. The zero-order valence-electron chi connectivity index (χ0n) is 11.6. The van der Waals surface area contributed by atoms with Gasteiger partial charge in [-0.3, -0.25) is 0 Å². The Kier molecular flexibility index (Phi) is 5.57. The van der Waals surface area contributed by atoms with E-state index >= 15 is 0 Å². The molecule has 0 aliphatic carbocycles. The van der Waals surface area contributed by atoms with Gasteiger partial charge in [0.2, 0.25) is 0 Å². The van der Waals surface area contributed by atoms with Crippen LogP contribution in [-0.2, 0) is 4.74 Å². The number of alkyl carbamates (subject to hydrolysis) is 1. The number of hydrogen-bond acceptors (Lipinski definition) is 3. The fourth-order valence-electron chi connectivity index (χ4n) is 1.54. The number of amides is 1. The van der Waals surface area contributed by atoms with Crippen LogP contribution in [0.4, 0.5) is 4.79 Å². The molecule has 1 amide bonds. The van der Waals surface area contributed by atoms with Crippen molar-refractivity contribution in [3.8, 4) is 0 Å². The average molecular weight is 263 g/mol. The molecular formula is C15H21NO3. The zero-order chi connectivity index (χ0) is 14.3. The van der Waals surface area contributed by atoms with Crippen LogP contribution in [0.25, 0.3) is 5.57 Å². The van der Waals surface area contributed by atoms with Crippen LogP contribution in [0, 0.1) is 0 Å². The van der Waals surface area contributed by atoms with Crippen molar-refractivity contribution in [2.24, 2.45) is 0 Å². The molecule has 1 aromatic carbocycles. The number of aliphatic hydroxyl groups excluding tert-OH is 1. The SMILES string of the molecule is CC(C)(C)OC(=O)NC/C(=C\CO)c1ccccc1. The Morgan fingerprint density at radius 3 is 2.47 bits per heavy atom. The smallest absolute Gasteiger partial charge is 0.407 e. The van der Waals surface area contributed by atoms with Crippen molar-refractivity contribution < 1.29 is 14.6 Å². The van der Waals surface area contributed by atoms with E-state index in [-0.39, 0.29) is 6.61 Å². The minimum atomic E-state index is -0.516. The molecule has 4 heteroatoms. The highest BCUT2D eigenvalue weighted by atomic mass is 16.6. The molecule has 0 saturated heterocycles. The van der Waals surface area contributed by atoms with Gasteiger partial charge >= 0.3 is 6.09 Å². The second kappa shape index (κ2) is 6.95. The van der Waals surface area contributed by atoms with Crippen LogP contribution in [0.3, 0.4) is 0 Å². The predicted molar refractivity (Wildman–Crippen MR) is 75.7 cm³/mol. The molecule has 0 saturated carbocycles. The Hall–Kier alpha value is -1.81. The van der Waals surface area contributed by atoms with Gasteiger partial charge in [-0.2, -0.15) is 0 Å². The molecular weight excluding hydrogens is 242 g/mol. The third-order valence-corrected chi connectivity index (χ3v) is 2.30. The summed E-state index contributed by atoms with van der Waals surface area (Å²) in [6, 6.07) is 9.60. The number of hydrogen-bond donors (Lipinski definition) is 2. The third-order valence-electron chi connectivity index (χ3n) is 2.30. The van der Waals surface area contributed by atoms with Crippen LogP contribution in [0.2, 0.25) is 0 Å². The summed E-state index contributed by atoms with van der Waals surface area (Å²) in [5.74, 6) is 0. The zero-order valence-corrected chi connectivity index (χ0v) is 11.6. The van der Waals surface area contributed by atoms with E-state index in [9.17, 15) is 4.79 Å². The summed E-state index contributed by atoms with van der Waals surface area (Å²) in [4.78, 5) is 11.6. The van der Waals surface area contributed by atoms with Gasteiger partial charge < -0.3 is 15.2 Å². The molecule has 4 nitrogen and oxygen atoms in total. The van der Waals surface area contributed by atoms with Crippen molar-refractivity contribution in [2.45, 2.75) is 26.4 Å². The number of carbonyl (C=O) groups excluding carboxylic acids is 1. The van der Waals surface area contributed by atoms with Gasteiger partial charge in [0.15, 0.2) is 0 Å². The Morgan fingerprint density at radius 1 is 1.32 bits per heavy atom. The summed E-state index contributed by atoms with van der Waals surface area (Å²) in [7, 11) is 0. The highest BCUT2D eigenvalue weighted by Gasteiger charge is 2.16. The molecule has 0 aliphatic rings. The first-order valence-corrected chi connectivity index (χ1v) is 6.24. The molecule has 0 bridgehead atoms. The van der Waals surface area contributed by atoms with Gasteiger partial charge in [0.05, 0.1) is 6.61 Å².